The second-order valence-corrected chi connectivity index (χ2v) is 5.18. The summed E-state index contributed by atoms with van der Waals surface area (Å²) in [7, 11) is 0. The topological polar surface area (TPSA) is 0 Å². The molecule has 0 bridgehead atoms. The second-order valence-electron chi connectivity index (χ2n) is 3.81. The van der Waals surface area contributed by atoms with Crippen molar-refractivity contribution in [3.63, 3.8) is 0 Å². The molecule has 1 aromatic carbocycles. The van der Waals surface area contributed by atoms with Gasteiger partial charge in [-0.3, -0.25) is 0 Å². The SMILES string of the molecule is Clc1ccc(CC(Cl)C2CC2)cc1Cl. The number of halogens is 3. The summed E-state index contributed by atoms with van der Waals surface area (Å²) in [5.41, 5.74) is 1.17. The Morgan fingerprint density at radius 1 is 1.21 bits per heavy atom. The summed E-state index contributed by atoms with van der Waals surface area (Å²) < 4.78 is 0. The van der Waals surface area contributed by atoms with Gasteiger partial charge in [0, 0.05) is 5.38 Å². The van der Waals surface area contributed by atoms with Crippen LogP contribution in [0.2, 0.25) is 10.0 Å². The van der Waals surface area contributed by atoms with Gasteiger partial charge in [0.15, 0.2) is 0 Å². The predicted molar refractivity (Wildman–Crippen MR) is 62.5 cm³/mol. The van der Waals surface area contributed by atoms with Crippen molar-refractivity contribution in [3.8, 4) is 0 Å². The molecule has 1 fully saturated rings. The second kappa shape index (κ2) is 4.30. The summed E-state index contributed by atoms with van der Waals surface area (Å²) in [4.78, 5) is 0. The van der Waals surface area contributed by atoms with Gasteiger partial charge in [0.05, 0.1) is 10.0 Å². The van der Waals surface area contributed by atoms with Crippen molar-refractivity contribution in [2.75, 3.05) is 0 Å². The molecule has 0 heterocycles. The lowest BCUT2D eigenvalue weighted by atomic mass is 10.1. The van der Waals surface area contributed by atoms with Crippen molar-refractivity contribution in [1.82, 2.24) is 0 Å². The van der Waals surface area contributed by atoms with Gasteiger partial charge in [-0.05, 0) is 42.9 Å². The minimum atomic E-state index is 0.257. The Morgan fingerprint density at radius 2 is 1.93 bits per heavy atom. The first-order valence-corrected chi connectivity index (χ1v) is 5.94. The molecule has 2 rings (SSSR count). The Labute approximate surface area is 99.2 Å². The molecule has 1 atom stereocenters. The van der Waals surface area contributed by atoms with Gasteiger partial charge < -0.3 is 0 Å². The molecule has 0 aliphatic heterocycles. The fourth-order valence-corrected chi connectivity index (χ4v) is 2.27. The smallest absolute Gasteiger partial charge is 0.0595 e. The van der Waals surface area contributed by atoms with Gasteiger partial charge in [0.1, 0.15) is 0 Å². The normalized spacial score (nSPS) is 18.2. The van der Waals surface area contributed by atoms with E-state index < -0.39 is 0 Å². The van der Waals surface area contributed by atoms with E-state index in [2.05, 4.69) is 0 Å². The maximum absolute atomic E-state index is 6.23. The Hall–Kier alpha value is 0.0900. The van der Waals surface area contributed by atoms with E-state index in [4.69, 9.17) is 34.8 Å². The fraction of sp³-hybridized carbons (Fsp3) is 0.455. The summed E-state index contributed by atoms with van der Waals surface area (Å²) in [6.07, 6.45) is 3.44. The molecule has 3 heteroatoms. The van der Waals surface area contributed by atoms with Crippen LogP contribution in [0.5, 0.6) is 0 Å². The molecular weight excluding hydrogens is 238 g/mol. The molecule has 0 spiro atoms. The Balaban J connectivity index is 2.04. The molecule has 0 saturated heterocycles. The zero-order valence-electron chi connectivity index (χ0n) is 7.64. The molecule has 1 aliphatic rings. The maximum Gasteiger partial charge on any atom is 0.0595 e. The molecule has 1 aliphatic carbocycles. The summed E-state index contributed by atoms with van der Waals surface area (Å²) in [5, 5.41) is 1.48. The van der Waals surface area contributed by atoms with Crippen LogP contribution in [0.4, 0.5) is 0 Å². The molecule has 14 heavy (non-hydrogen) atoms. The molecule has 0 N–H and O–H groups in total. The summed E-state index contributed by atoms with van der Waals surface area (Å²) in [6, 6.07) is 5.73. The lowest BCUT2D eigenvalue weighted by Crippen LogP contribution is -2.05. The van der Waals surface area contributed by atoms with Crippen molar-refractivity contribution in [2.24, 2.45) is 5.92 Å². The molecule has 76 valence electrons. The molecule has 1 aromatic rings. The number of benzene rings is 1. The number of rotatable bonds is 3. The van der Waals surface area contributed by atoms with Crippen LogP contribution in [-0.4, -0.2) is 5.38 Å². The summed E-state index contributed by atoms with van der Waals surface area (Å²) in [6.45, 7) is 0. The highest BCUT2D eigenvalue weighted by Gasteiger charge is 2.29. The van der Waals surface area contributed by atoms with Crippen LogP contribution < -0.4 is 0 Å². The van der Waals surface area contributed by atoms with Crippen LogP contribution in [0.1, 0.15) is 18.4 Å². The maximum atomic E-state index is 6.23. The average molecular weight is 250 g/mol. The molecule has 1 unspecified atom stereocenters. The van der Waals surface area contributed by atoms with Crippen LogP contribution in [0.3, 0.4) is 0 Å². The van der Waals surface area contributed by atoms with Gasteiger partial charge in [-0.1, -0.05) is 29.3 Å². The van der Waals surface area contributed by atoms with Crippen LogP contribution in [0, 0.1) is 5.92 Å². The van der Waals surface area contributed by atoms with Crippen molar-refractivity contribution in [2.45, 2.75) is 24.6 Å². The highest BCUT2D eigenvalue weighted by Crippen LogP contribution is 2.37. The van der Waals surface area contributed by atoms with E-state index in [0.29, 0.717) is 16.0 Å². The molecule has 0 radical (unpaired) electrons. The average Bonchev–Trinajstić information content (AvgIpc) is 2.94. The van der Waals surface area contributed by atoms with E-state index >= 15 is 0 Å². The summed E-state index contributed by atoms with van der Waals surface area (Å²) in [5.74, 6) is 0.714. The van der Waals surface area contributed by atoms with E-state index in [0.717, 1.165) is 6.42 Å². The first-order chi connectivity index (χ1) is 6.66. The Morgan fingerprint density at radius 3 is 2.50 bits per heavy atom. The quantitative estimate of drug-likeness (QED) is 0.689. The third-order valence-corrected chi connectivity index (χ3v) is 3.80. The number of hydrogen-bond acceptors (Lipinski definition) is 0. The van der Waals surface area contributed by atoms with Gasteiger partial charge in [0.25, 0.3) is 0 Å². The summed E-state index contributed by atoms with van der Waals surface area (Å²) >= 11 is 18.0. The third-order valence-electron chi connectivity index (χ3n) is 2.55. The van der Waals surface area contributed by atoms with Crippen LogP contribution in [0.15, 0.2) is 18.2 Å². The van der Waals surface area contributed by atoms with Gasteiger partial charge >= 0.3 is 0 Å². The van der Waals surface area contributed by atoms with Crippen LogP contribution in [-0.2, 0) is 6.42 Å². The predicted octanol–water partition coefficient (Wildman–Crippen LogP) is 4.55. The van der Waals surface area contributed by atoms with E-state index in [1.165, 1.54) is 18.4 Å². The van der Waals surface area contributed by atoms with E-state index in [1.54, 1.807) is 0 Å². The molecule has 0 aromatic heterocycles. The van der Waals surface area contributed by atoms with Gasteiger partial charge in [-0.25, -0.2) is 0 Å². The first kappa shape index (κ1) is 10.6. The first-order valence-electron chi connectivity index (χ1n) is 4.75. The van der Waals surface area contributed by atoms with E-state index in [1.807, 2.05) is 18.2 Å². The van der Waals surface area contributed by atoms with Crippen LogP contribution >= 0.6 is 34.8 Å². The molecular formula is C11H11Cl3. The van der Waals surface area contributed by atoms with Crippen molar-refractivity contribution >= 4 is 34.8 Å². The zero-order valence-corrected chi connectivity index (χ0v) is 9.91. The minimum Gasteiger partial charge on any atom is -0.122 e. The van der Waals surface area contributed by atoms with Gasteiger partial charge in [-0.15, -0.1) is 11.6 Å². The Bertz CT molecular complexity index is 331. The largest absolute Gasteiger partial charge is 0.122 e. The highest BCUT2D eigenvalue weighted by molar-refractivity contribution is 6.42. The van der Waals surface area contributed by atoms with Gasteiger partial charge in [0.2, 0.25) is 0 Å². The molecule has 1 saturated carbocycles. The van der Waals surface area contributed by atoms with E-state index in [-0.39, 0.29) is 5.38 Å². The molecule has 0 amide bonds. The lowest BCUT2D eigenvalue weighted by molar-refractivity contribution is 0.737. The lowest BCUT2D eigenvalue weighted by Gasteiger charge is -2.08. The fourth-order valence-electron chi connectivity index (χ4n) is 1.52. The number of hydrogen-bond donors (Lipinski definition) is 0. The third kappa shape index (κ3) is 2.56. The van der Waals surface area contributed by atoms with Crippen molar-refractivity contribution in [1.29, 1.82) is 0 Å². The van der Waals surface area contributed by atoms with Crippen LogP contribution in [0.25, 0.3) is 0 Å². The van der Waals surface area contributed by atoms with Gasteiger partial charge in [-0.2, -0.15) is 0 Å². The van der Waals surface area contributed by atoms with E-state index in [9.17, 15) is 0 Å². The zero-order chi connectivity index (χ0) is 10.1. The standard InChI is InChI=1S/C11H11Cl3/c12-9-4-1-7(6-11(9)14)5-10(13)8-2-3-8/h1,4,6,8,10H,2-3,5H2. The molecule has 0 nitrogen and oxygen atoms in total. The minimum absolute atomic E-state index is 0.257. The van der Waals surface area contributed by atoms with Crippen molar-refractivity contribution < 1.29 is 0 Å². The van der Waals surface area contributed by atoms with Crippen molar-refractivity contribution in [3.05, 3.63) is 33.8 Å². The monoisotopic (exact) mass is 248 g/mol. The number of alkyl halides is 1. The Kier molecular flexibility index (Phi) is 3.26. The highest BCUT2D eigenvalue weighted by atomic mass is 35.5.